The fraction of sp³-hybridized carbons (Fsp3) is 0.182. The molecular formula is C22H23N. The van der Waals surface area contributed by atoms with Crippen LogP contribution in [0.15, 0.2) is 66.7 Å². The normalized spacial score (nSPS) is 10.6. The number of para-hydroxylation sites is 1. The molecule has 0 saturated heterocycles. The zero-order chi connectivity index (χ0) is 16.4. The summed E-state index contributed by atoms with van der Waals surface area (Å²) in [4.78, 5) is 2.35. The molecule has 0 aliphatic heterocycles. The molecule has 3 rings (SSSR count). The summed E-state index contributed by atoms with van der Waals surface area (Å²) in [5.74, 6) is 0. The molecule has 3 aromatic carbocycles. The summed E-state index contributed by atoms with van der Waals surface area (Å²) in [5.41, 5.74) is 8.83. The molecule has 0 unspecified atom stereocenters. The Morgan fingerprint density at radius 3 is 1.65 bits per heavy atom. The largest absolute Gasteiger partial charge is 0.310 e. The predicted octanol–water partition coefficient (Wildman–Crippen LogP) is 6.39. The van der Waals surface area contributed by atoms with E-state index < -0.39 is 0 Å². The molecule has 0 fully saturated rings. The molecule has 3 aromatic rings. The second-order valence-corrected chi connectivity index (χ2v) is 6.25. The van der Waals surface area contributed by atoms with E-state index in [1.165, 1.54) is 39.3 Å². The van der Waals surface area contributed by atoms with Gasteiger partial charge < -0.3 is 4.90 Å². The SMILES string of the molecule is Cc1ccc(N(c2ccccc2)c2c(C)cc(C)cc2C)cc1. The minimum absolute atomic E-state index is 1.19. The number of nitrogens with zero attached hydrogens (tertiary/aromatic N) is 1. The fourth-order valence-corrected chi connectivity index (χ4v) is 3.20. The third-order valence-corrected chi connectivity index (χ3v) is 4.17. The van der Waals surface area contributed by atoms with Crippen molar-refractivity contribution < 1.29 is 0 Å². The van der Waals surface area contributed by atoms with Crippen LogP contribution in [-0.4, -0.2) is 0 Å². The van der Waals surface area contributed by atoms with Crippen LogP contribution >= 0.6 is 0 Å². The molecule has 0 radical (unpaired) electrons. The Balaban J connectivity index is 2.23. The number of aryl methyl sites for hydroxylation is 4. The summed E-state index contributed by atoms with van der Waals surface area (Å²) in [7, 11) is 0. The quantitative estimate of drug-likeness (QED) is 0.541. The van der Waals surface area contributed by atoms with Crippen LogP contribution in [0.5, 0.6) is 0 Å². The monoisotopic (exact) mass is 301 g/mol. The maximum Gasteiger partial charge on any atom is 0.0520 e. The highest BCUT2D eigenvalue weighted by Crippen LogP contribution is 2.38. The molecule has 0 heterocycles. The Bertz CT molecular complexity index is 778. The maximum atomic E-state index is 2.35. The second-order valence-electron chi connectivity index (χ2n) is 6.25. The lowest BCUT2D eigenvalue weighted by atomic mass is 10.0. The first-order valence-electron chi connectivity index (χ1n) is 8.06. The van der Waals surface area contributed by atoms with Crippen molar-refractivity contribution in [1.82, 2.24) is 0 Å². The first-order valence-corrected chi connectivity index (χ1v) is 8.06. The van der Waals surface area contributed by atoms with Gasteiger partial charge >= 0.3 is 0 Å². The first-order chi connectivity index (χ1) is 11.1. The van der Waals surface area contributed by atoms with Gasteiger partial charge in [-0.2, -0.15) is 0 Å². The molecule has 0 atom stereocenters. The molecule has 23 heavy (non-hydrogen) atoms. The summed E-state index contributed by atoms with van der Waals surface area (Å²) < 4.78 is 0. The smallest absolute Gasteiger partial charge is 0.0520 e. The lowest BCUT2D eigenvalue weighted by Crippen LogP contribution is -2.13. The molecule has 0 saturated carbocycles. The van der Waals surface area contributed by atoms with Gasteiger partial charge in [0.25, 0.3) is 0 Å². The van der Waals surface area contributed by atoms with Gasteiger partial charge in [0.2, 0.25) is 0 Å². The summed E-state index contributed by atoms with van der Waals surface area (Å²) in [6.45, 7) is 8.67. The van der Waals surface area contributed by atoms with Crippen molar-refractivity contribution in [2.45, 2.75) is 27.7 Å². The molecule has 0 amide bonds. The van der Waals surface area contributed by atoms with E-state index in [2.05, 4.69) is 99.3 Å². The lowest BCUT2D eigenvalue weighted by molar-refractivity contribution is 1.20. The highest BCUT2D eigenvalue weighted by atomic mass is 15.1. The summed E-state index contributed by atoms with van der Waals surface area (Å²) >= 11 is 0. The van der Waals surface area contributed by atoms with E-state index in [0.29, 0.717) is 0 Å². The summed E-state index contributed by atoms with van der Waals surface area (Å²) in [6, 6.07) is 23.8. The van der Waals surface area contributed by atoms with Gasteiger partial charge in [-0.3, -0.25) is 0 Å². The third-order valence-electron chi connectivity index (χ3n) is 4.17. The highest BCUT2D eigenvalue weighted by molar-refractivity contribution is 5.80. The Kier molecular flexibility index (Phi) is 4.20. The number of hydrogen-bond acceptors (Lipinski definition) is 1. The van der Waals surface area contributed by atoms with Gasteiger partial charge in [0.05, 0.1) is 5.69 Å². The number of benzene rings is 3. The van der Waals surface area contributed by atoms with Gasteiger partial charge in [-0.1, -0.05) is 53.6 Å². The van der Waals surface area contributed by atoms with Crippen LogP contribution in [0.25, 0.3) is 0 Å². The first kappa shape index (κ1) is 15.4. The van der Waals surface area contributed by atoms with Crippen LogP contribution in [0.2, 0.25) is 0 Å². The third kappa shape index (κ3) is 3.14. The maximum absolute atomic E-state index is 2.35. The Morgan fingerprint density at radius 1 is 0.565 bits per heavy atom. The van der Waals surface area contributed by atoms with E-state index in [1.54, 1.807) is 0 Å². The van der Waals surface area contributed by atoms with Crippen molar-refractivity contribution in [1.29, 1.82) is 0 Å². The molecule has 0 aliphatic rings. The number of hydrogen-bond donors (Lipinski definition) is 0. The Labute approximate surface area is 139 Å². The zero-order valence-electron chi connectivity index (χ0n) is 14.3. The van der Waals surface area contributed by atoms with Gasteiger partial charge in [-0.15, -0.1) is 0 Å². The molecule has 0 aliphatic carbocycles. The minimum atomic E-state index is 1.19. The van der Waals surface area contributed by atoms with Crippen LogP contribution in [-0.2, 0) is 0 Å². The second kappa shape index (κ2) is 6.29. The Morgan fingerprint density at radius 2 is 1.09 bits per heavy atom. The number of rotatable bonds is 3. The van der Waals surface area contributed by atoms with Crippen molar-refractivity contribution in [2.75, 3.05) is 4.90 Å². The van der Waals surface area contributed by atoms with Crippen molar-refractivity contribution in [3.63, 3.8) is 0 Å². The summed E-state index contributed by atoms with van der Waals surface area (Å²) in [5, 5.41) is 0. The highest BCUT2D eigenvalue weighted by Gasteiger charge is 2.16. The van der Waals surface area contributed by atoms with Crippen LogP contribution in [0.4, 0.5) is 17.1 Å². The van der Waals surface area contributed by atoms with Crippen molar-refractivity contribution >= 4 is 17.1 Å². The molecule has 116 valence electrons. The van der Waals surface area contributed by atoms with Gasteiger partial charge in [-0.05, 0) is 63.1 Å². The van der Waals surface area contributed by atoms with E-state index in [1.807, 2.05) is 0 Å². The van der Waals surface area contributed by atoms with E-state index in [4.69, 9.17) is 0 Å². The average Bonchev–Trinajstić information content (AvgIpc) is 2.53. The zero-order valence-corrected chi connectivity index (χ0v) is 14.3. The predicted molar refractivity (Wildman–Crippen MR) is 100 cm³/mol. The summed E-state index contributed by atoms with van der Waals surface area (Å²) in [6.07, 6.45) is 0. The van der Waals surface area contributed by atoms with E-state index in [-0.39, 0.29) is 0 Å². The van der Waals surface area contributed by atoms with Crippen LogP contribution < -0.4 is 4.90 Å². The molecular weight excluding hydrogens is 278 g/mol. The van der Waals surface area contributed by atoms with Crippen LogP contribution in [0.3, 0.4) is 0 Å². The van der Waals surface area contributed by atoms with Crippen LogP contribution in [0.1, 0.15) is 22.3 Å². The molecule has 0 spiro atoms. The molecule has 0 aromatic heterocycles. The standard InChI is InChI=1S/C22H23N/c1-16-10-12-21(13-11-16)23(20-8-6-5-7-9-20)22-18(3)14-17(2)15-19(22)4/h5-15H,1-4H3. The van der Waals surface area contributed by atoms with Crippen LogP contribution in [0, 0.1) is 27.7 Å². The number of anilines is 3. The van der Waals surface area contributed by atoms with E-state index >= 15 is 0 Å². The van der Waals surface area contributed by atoms with Gasteiger partial charge in [0.1, 0.15) is 0 Å². The van der Waals surface area contributed by atoms with Gasteiger partial charge in [0, 0.05) is 11.4 Å². The molecule has 1 nitrogen and oxygen atoms in total. The van der Waals surface area contributed by atoms with Gasteiger partial charge in [0.15, 0.2) is 0 Å². The van der Waals surface area contributed by atoms with Crippen molar-refractivity contribution in [3.8, 4) is 0 Å². The minimum Gasteiger partial charge on any atom is -0.310 e. The Hall–Kier alpha value is -2.54. The van der Waals surface area contributed by atoms with Gasteiger partial charge in [-0.25, -0.2) is 0 Å². The molecule has 0 N–H and O–H groups in total. The van der Waals surface area contributed by atoms with Crippen molar-refractivity contribution in [3.05, 3.63) is 89.0 Å². The molecule has 0 bridgehead atoms. The topological polar surface area (TPSA) is 3.24 Å². The van der Waals surface area contributed by atoms with Crippen molar-refractivity contribution in [2.24, 2.45) is 0 Å². The average molecular weight is 301 g/mol. The molecule has 1 heteroatoms. The lowest BCUT2D eigenvalue weighted by Gasteiger charge is -2.29. The fourth-order valence-electron chi connectivity index (χ4n) is 3.20. The van der Waals surface area contributed by atoms with E-state index in [9.17, 15) is 0 Å². The van der Waals surface area contributed by atoms with E-state index in [0.717, 1.165) is 0 Å².